The van der Waals surface area contributed by atoms with Gasteiger partial charge in [0.2, 0.25) is 5.91 Å². The van der Waals surface area contributed by atoms with Crippen LogP contribution in [0.15, 0.2) is 53.3 Å². The van der Waals surface area contributed by atoms with E-state index in [1.165, 1.54) is 10.6 Å². The average molecular weight is 442 g/mol. The standard InChI is InChI=1S/C23H24ClN3O4/c1-4-18-12-22(29)27(23(26-18)16-6-5-7-17(24)11-16)14-21(28)25-13-15-8-9-19(30-2)20(10-15)31-3/h5-12H,4,13-14H2,1-3H3,(H,25,28). The molecule has 0 atom stereocenters. The summed E-state index contributed by atoms with van der Waals surface area (Å²) >= 11 is 6.12. The van der Waals surface area contributed by atoms with Crippen LogP contribution in [-0.4, -0.2) is 29.7 Å². The van der Waals surface area contributed by atoms with Gasteiger partial charge in [-0.25, -0.2) is 4.98 Å². The van der Waals surface area contributed by atoms with Crippen LogP contribution in [0.3, 0.4) is 0 Å². The molecular formula is C23H24ClN3O4. The number of methoxy groups -OCH3 is 2. The number of aryl methyl sites for hydroxylation is 1. The topological polar surface area (TPSA) is 82.5 Å². The number of rotatable bonds is 8. The van der Waals surface area contributed by atoms with Crippen LogP contribution >= 0.6 is 11.6 Å². The maximum absolute atomic E-state index is 12.7. The summed E-state index contributed by atoms with van der Waals surface area (Å²) in [6.07, 6.45) is 0.606. The molecule has 0 spiro atoms. The Morgan fingerprint density at radius 2 is 1.87 bits per heavy atom. The van der Waals surface area contributed by atoms with Gasteiger partial charge in [-0.1, -0.05) is 36.7 Å². The third-order valence-electron chi connectivity index (χ3n) is 4.75. The van der Waals surface area contributed by atoms with E-state index in [1.807, 2.05) is 19.1 Å². The molecule has 1 N–H and O–H groups in total. The van der Waals surface area contributed by atoms with Crippen molar-refractivity contribution in [2.75, 3.05) is 14.2 Å². The van der Waals surface area contributed by atoms with Crippen LogP contribution in [0.5, 0.6) is 11.5 Å². The Bertz CT molecular complexity index is 1140. The van der Waals surface area contributed by atoms with Gasteiger partial charge in [-0.3, -0.25) is 14.2 Å². The summed E-state index contributed by atoms with van der Waals surface area (Å²) in [7, 11) is 3.11. The molecule has 1 amide bonds. The molecule has 0 aliphatic carbocycles. The Labute approximate surface area is 185 Å². The van der Waals surface area contributed by atoms with Crippen LogP contribution in [0.4, 0.5) is 0 Å². The first-order chi connectivity index (χ1) is 14.9. The summed E-state index contributed by atoms with van der Waals surface area (Å²) in [6, 6.07) is 13.9. The van der Waals surface area contributed by atoms with Crippen LogP contribution in [0.2, 0.25) is 5.02 Å². The van der Waals surface area contributed by atoms with E-state index in [9.17, 15) is 9.59 Å². The van der Waals surface area contributed by atoms with Crippen molar-refractivity contribution < 1.29 is 14.3 Å². The zero-order valence-corrected chi connectivity index (χ0v) is 18.4. The minimum absolute atomic E-state index is 0.162. The van der Waals surface area contributed by atoms with Gasteiger partial charge >= 0.3 is 0 Å². The smallest absolute Gasteiger partial charge is 0.254 e. The monoisotopic (exact) mass is 441 g/mol. The van der Waals surface area contributed by atoms with Gasteiger partial charge in [0, 0.05) is 28.9 Å². The van der Waals surface area contributed by atoms with E-state index in [2.05, 4.69) is 10.3 Å². The first kappa shape index (κ1) is 22.4. The van der Waals surface area contributed by atoms with Gasteiger partial charge in [0.1, 0.15) is 12.4 Å². The molecule has 7 nitrogen and oxygen atoms in total. The molecule has 0 radical (unpaired) electrons. The first-order valence-electron chi connectivity index (χ1n) is 9.79. The number of amides is 1. The van der Waals surface area contributed by atoms with Gasteiger partial charge in [-0.05, 0) is 36.2 Å². The van der Waals surface area contributed by atoms with Gasteiger partial charge in [-0.2, -0.15) is 0 Å². The Morgan fingerprint density at radius 1 is 1.10 bits per heavy atom. The van der Waals surface area contributed by atoms with Crippen LogP contribution < -0.4 is 20.3 Å². The number of aromatic nitrogens is 2. The van der Waals surface area contributed by atoms with Gasteiger partial charge < -0.3 is 14.8 Å². The fourth-order valence-electron chi connectivity index (χ4n) is 3.13. The fourth-order valence-corrected chi connectivity index (χ4v) is 3.32. The van der Waals surface area contributed by atoms with Crippen molar-refractivity contribution in [1.82, 2.24) is 14.9 Å². The van der Waals surface area contributed by atoms with Gasteiger partial charge in [0.25, 0.3) is 5.56 Å². The number of ether oxygens (including phenoxy) is 2. The van der Waals surface area contributed by atoms with Gasteiger partial charge in [0.05, 0.1) is 14.2 Å². The zero-order valence-electron chi connectivity index (χ0n) is 17.6. The molecule has 1 heterocycles. The maximum atomic E-state index is 12.7. The van der Waals surface area contributed by atoms with Crippen molar-refractivity contribution in [2.45, 2.75) is 26.4 Å². The number of halogens is 1. The van der Waals surface area contributed by atoms with Crippen LogP contribution in [0, 0.1) is 0 Å². The highest BCUT2D eigenvalue weighted by Crippen LogP contribution is 2.27. The van der Waals surface area contributed by atoms with Crippen molar-refractivity contribution in [1.29, 1.82) is 0 Å². The van der Waals surface area contributed by atoms with Crippen molar-refractivity contribution in [2.24, 2.45) is 0 Å². The molecule has 0 saturated carbocycles. The molecule has 0 bridgehead atoms. The predicted molar refractivity (Wildman–Crippen MR) is 120 cm³/mol. The molecule has 0 aliphatic rings. The number of nitrogens with one attached hydrogen (secondary N) is 1. The lowest BCUT2D eigenvalue weighted by Gasteiger charge is -2.14. The third-order valence-corrected chi connectivity index (χ3v) is 4.98. The second-order valence-corrected chi connectivity index (χ2v) is 7.26. The lowest BCUT2D eigenvalue weighted by Crippen LogP contribution is -2.33. The third kappa shape index (κ3) is 5.44. The maximum Gasteiger partial charge on any atom is 0.254 e. The van der Waals surface area contributed by atoms with Crippen LogP contribution in [0.1, 0.15) is 18.2 Å². The first-order valence-corrected chi connectivity index (χ1v) is 10.2. The molecule has 0 fully saturated rings. The number of benzene rings is 2. The predicted octanol–water partition coefficient (Wildman–Crippen LogP) is 3.46. The largest absolute Gasteiger partial charge is 0.493 e. The summed E-state index contributed by atoms with van der Waals surface area (Å²) in [5.74, 6) is 1.28. The molecule has 0 saturated heterocycles. The number of carbonyl (C=O) groups excluding carboxylic acids is 1. The Balaban J connectivity index is 1.82. The fraction of sp³-hybridized carbons (Fsp3) is 0.261. The second-order valence-electron chi connectivity index (χ2n) is 6.83. The van der Waals surface area contributed by atoms with Gasteiger partial charge in [-0.15, -0.1) is 0 Å². The highest BCUT2D eigenvalue weighted by atomic mass is 35.5. The normalized spacial score (nSPS) is 10.6. The molecule has 2 aromatic carbocycles. The summed E-state index contributed by atoms with van der Waals surface area (Å²) < 4.78 is 11.9. The molecule has 162 valence electrons. The van der Waals surface area contributed by atoms with Crippen LogP contribution in [-0.2, 0) is 24.3 Å². The number of carbonyl (C=O) groups is 1. The highest BCUT2D eigenvalue weighted by molar-refractivity contribution is 6.30. The van der Waals surface area contributed by atoms with Crippen LogP contribution in [0.25, 0.3) is 11.4 Å². The summed E-state index contributed by atoms with van der Waals surface area (Å²) in [6.45, 7) is 2.04. The number of hydrogen-bond acceptors (Lipinski definition) is 5. The number of hydrogen-bond donors (Lipinski definition) is 1. The van der Waals surface area contributed by atoms with E-state index in [0.717, 1.165) is 5.56 Å². The van der Waals surface area contributed by atoms with E-state index >= 15 is 0 Å². The molecule has 1 aromatic heterocycles. The van der Waals surface area contributed by atoms with Crippen molar-refractivity contribution >= 4 is 17.5 Å². The lowest BCUT2D eigenvalue weighted by atomic mass is 10.2. The minimum Gasteiger partial charge on any atom is -0.493 e. The molecule has 0 aliphatic heterocycles. The van der Waals surface area contributed by atoms with Crippen molar-refractivity contribution in [3.63, 3.8) is 0 Å². The summed E-state index contributed by atoms with van der Waals surface area (Å²) in [5, 5.41) is 3.36. The average Bonchev–Trinajstić information content (AvgIpc) is 2.78. The van der Waals surface area contributed by atoms with E-state index in [-0.39, 0.29) is 24.6 Å². The highest BCUT2D eigenvalue weighted by Gasteiger charge is 2.14. The SMILES string of the molecule is CCc1cc(=O)n(CC(=O)NCc2ccc(OC)c(OC)c2)c(-c2cccc(Cl)c2)n1. The molecular weight excluding hydrogens is 418 g/mol. The molecule has 0 unspecified atom stereocenters. The second kappa shape index (κ2) is 10.1. The van der Waals surface area contributed by atoms with E-state index in [1.54, 1.807) is 44.6 Å². The molecule has 8 heteroatoms. The quantitative estimate of drug-likeness (QED) is 0.578. The van der Waals surface area contributed by atoms with E-state index in [4.69, 9.17) is 21.1 Å². The Morgan fingerprint density at radius 3 is 2.55 bits per heavy atom. The zero-order chi connectivity index (χ0) is 22.4. The Kier molecular flexibility index (Phi) is 7.31. The molecule has 31 heavy (non-hydrogen) atoms. The van der Waals surface area contributed by atoms with Gasteiger partial charge in [0.15, 0.2) is 11.5 Å². The van der Waals surface area contributed by atoms with Crippen molar-refractivity contribution in [3.8, 4) is 22.9 Å². The molecule has 3 aromatic rings. The Hall–Kier alpha value is -3.32. The van der Waals surface area contributed by atoms with Crippen molar-refractivity contribution in [3.05, 3.63) is 75.2 Å². The van der Waals surface area contributed by atoms with E-state index < -0.39 is 0 Å². The summed E-state index contributed by atoms with van der Waals surface area (Å²) in [5.41, 5.74) is 1.88. The van der Waals surface area contributed by atoms with E-state index in [0.29, 0.717) is 40.0 Å². The summed E-state index contributed by atoms with van der Waals surface area (Å²) in [4.78, 5) is 29.9. The number of nitrogens with zero attached hydrogens (tertiary/aromatic N) is 2. The molecule has 3 rings (SSSR count). The lowest BCUT2D eigenvalue weighted by molar-refractivity contribution is -0.121. The minimum atomic E-state index is -0.314.